The highest BCUT2D eigenvalue weighted by Gasteiger charge is 2.48. The molecule has 0 radical (unpaired) electrons. The van der Waals surface area contributed by atoms with Crippen LogP contribution in [0.25, 0.3) is 0 Å². The van der Waals surface area contributed by atoms with Crippen LogP contribution in [0.3, 0.4) is 0 Å². The predicted octanol–water partition coefficient (Wildman–Crippen LogP) is 3.40. The molecule has 0 bridgehead atoms. The number of carbonyl (C=O) groups is 1. The van der Waals surface area contributed by atoms with E-state index in [0.29, 0.717) is 22.7 Å². The van der Waals surface area contributed by atoms with Crippen LogP contribution < -0.4 is 11.2 Å². The maximum Gasteiger partial charge on any atom is 0.332 e. The summed E-state index contributed by atoms with van der Waals surface area (Å²) in [6, 6.07) is 9.56. The van der Waals surface area contributed by atoms with Crippen molar-refractivity contribution in [3.8, 4) is 0 Å². The third-order valence-electron chi connectivity index (χ3n) is 7.31. The Kier molecular flexibility index (Phi) is 4.28. The number of aliphatic imine (C=N–C) groups is 1. The fraction of sp³-hybridized carbons (Fsp3) is 0.308. The molecule has 1 aliphatic heterocycles. The molecule has 1 aromatic heterocycles. The van der Waals surface area contributed by atoms with Gasteiger partial charge in [-0.15, -0.1) is 0 Å². The van der Waals surface area contributed by atoms with Crippen molar-refractivity contribution >= 4 is 17.3 Å². The summed E-state index contributed by atoms with van der Waals surface area (Å²) >= 11 is 0. The first-order chi connectivity index (χ1) is 15.1. The standard InChI is InChI=1S/C26H25N3O3/c1-12-11-13(2)18(15(4)14(12)3)19-20-22(16-9-7-8-10-17(16)23(20)30)27-24-21(19)25(31)29(6)26(32)28(24)5/h7-11,19-20H,1-6H3/t19-,20+/m1/s1. The Morgan fingerprint density at radius 2 is 1.44 bits per heavy atom. The van der Waals surface area contributed by atoms with Crippen LogP contribution in [0.1, 0.15) is 55.2 Å². The molecule has 0 N–H and O–H groups in total. The summed E-state index contributed by atoms with van der Waals surface area (Å²) in [5.74, 6) is -0.786. The van der Waals surface area contributed by atoms with Crippen LogP contribution in [0.2, 0.25) is 0 Å². The van der Waals surface area contributed by atoms with Gasteiger partial charge >= 0.3 is 5.69 Å². The number of nitrogens with zero attached hydrogens (tertiary/aromatic N) is 3. The summed E-state index contributed by atoms with van der Waals surface area (Å²) in [4.78, 5) is 44.7. The van der Waals surface area contributed by atoms with E-state index in [4.69, 9.17) is 4.99 Å². The maximum atomic E-state index is 13.7. The van der Waals surface area contributed by atoms with Gasteiger partial charge in [0.2, 0.25) is 0 Å². The Morgan fingerprint density at radius 3 is 2.12 bits per heavy atom. The van der Waals surface area contributed by atoms with E-state index in [0.717, 1.165) is 32.4 Å². The Morgan fingerprint density at radius 1 is 0.781 bits per heavy atom. The smallest absolute Gasteiger partial charge is 0.293 e. The van der Waals surface area contributed by atoms with Gasteiger partial charge in [-0.2, -0.15) is 0 Å². The molecule has 1 aliphatic carbocycles. The van der Waals surface area contributed by atoms with Crippen LogP contribution in [0.5, 0.6) is 0 Å². The molecule has 6 heteroatoms. The Balaban J connectivity index is 1.96. The molecule has 3 aromatic rings. The Labute approximate surface area is 185 Å². The Hall–Kier alpha value is -3.54. The molecular weight excluding hydrogens is 402 g/mol. The summed E-state index contributed by atoms with van der Waals surface area (Å²) < 4.78 is 2.54. The van der Waals surface area contributed by atoms with E-state index in [2.05, 4.69) is 26.8 Å². The molecule has 0 unspecified atom stereocenters. The lowest BCUT2D eigenvalue weighted by atomic mass is 9.73. The minimum absolute atomic E-state index is 0.0251. The number of Topliss-reactive ketones (excluding diaryl/α,β-unsaturated/α-hetero) is 1. The number of hydrogen-bond acceptors (Lipinski definition) is 4. The fourth-order valence-corrected chi connectivity index (χ4v) is 5.46. The number of hydrogen-bond donors (Lipinski definition) is 0. The number of fused-ring (bicyclic) bond motifs is 4. The number of ketones is 1. The van der Waals surface area contributed by atoms with E-state index >= 15 is 0 Å². The van der Waals surface area contributed by atoms with Crippen LogP contribution in [-0.2, 0) is 14.1 Å². The largest absolute Gasteiger partial charge is 0.332 e. The van der Waals surface area contributed by atoms with Gasteiger partial charge in [-0.05, 0) is 55.5 Å². The van der Waals surface area contributed by atoms with Crippen molar-refractivity contribution in [2.45, 2.75) is 33.6 Å². The van der Waals surface area contributed by atoms with Crippen molar-refractivity contribution in [1.82, 2.24) is 9.13 Å². The van der Waals surface area contributed by atoms with E-state index in [1.54, 1.807) is 7.05 Å². The lowest BCUT2D eigenvalue weighted by Gasteiger charge is -2.32. The zero-order valence-corrected chi connectivity index (χ0v) is 19.1. The average molecular weight is 428 g/mol. The third-order valence-corrected chi connectivity index (χ3v) is 7.31. The highest BCUT2D eigenvalue weighted by Crippen LogP contribution is 2.48. The summed E-state index contributed by atoms with van der Waals surface area (Å²) in [5, 5.41) is 0. The summed E-state index contributed by atoms with van der Waals surface area (Å²) in [5.41, 5.74) is 7.02. The molecule has 6 nitrogen and oxygen atoms in total. The lowest BCUT2D eigenvalue weighted by Crippen LogP contribution is -2.43. The van der Waals surface area contributed by atoms with Gasteiger partial charge in [-0.1, -0.05) is 30.3 Å². The number of benzene rings is 2. The van der Waals surface area contributed by atoms with Gasteiger partial charge in [-0.25, -0.2) is 9.79 Å². The molecule has 2 aliphatic rings. The average Bonchev–Trinajstić information content (AvgIpc) is 3.06. The normalized spacial score (nSPS) is 18.8. The molecular formula is C26H25N3O3. The van der Waals surface area contributed by atoms with Gasteiger partial charge in [0.15, 0.2) is 5.78 Å². The number of aromatic nitrogens is 2. The van der Waals surface area contributed by atoms with E-state index in [1.165, 1.54) is 17.2 Å². The van der Waals surface area contributed by atoms with Crippen LogP contribution >= 0.6 is 0 Å². The second-order valence-corrected chi connectivity index (χ2v) is 8.98. The van der Waals surface area contributed by atoms with Crippen LogP contribution in [-0.4, -0.2) is 20.6 Å². The van der Waals surface area contributed by atoms with Crippen LogP contribution in [0.4, 0.5) is 5.82 Å². The summed E-state index contributed by atoms with van der Waals surface area (Å²) in [6.45, 7) is 8.21. The molecule has 0 saturated carbocycles. The molecule has 0 amide bonds. The van der Waals surface area contributed by atoms with E-state index in [-0.39, 0.29) is 5.78 Å². The fourth-order valence-electron chi connectivity index (χ4n) is 5.46. The first-order valence-corrected chi connectivity index (χ1v) is 10.7. The molecule has 0 fully saturated rings. The van der Waals surface area contributed by atoms with Crippen molar-refractivity contribution in [2.24, 2.45) is 25.0 Å². The molecule has 2 heterocycles. The van der Waals surface area contributed by atoms with Gasteiger partial charge in [-0.3, -0.25) is 18.7 Å². The number of aryl methyl sites for hydroxylation is 2. The van der Waals surface area contributed by atoms with Crippen molar-refractivity contribution in [3.05, 3.63) is 95.7 Å². The van der Waals surface area contributed by atoms with Gasteiger partial charge in [0.1, 0.15) is 5.82 Å². The first-order valence-electron chi connectivity index (χ1n) is 10.7. The molecule has 2 atom stereocenters. The maximum absolute atomic E-state index is 13.7. The third kappa shape index (κ3) is 2.46. The van der Waals surface area contributed by atoms with E-state index in [1.807, 2.05) is 31.2 Å². The molecule has 5 rings (SSSR count). The van der Waals surface area contributed by atoms with Crippen molar-refractivity contribution < 1.29 is 4.79 Å². The first kappa shape index (κ1) is 20.4. The lowest BCUT2D eigenvalue weighted by molar-refractivity contribution is 0.0953. The topological polar surface area (TPSA) is 73.4 Å². The highest BCUT2D eigenvalue weighted by molar-refractivity contribution is 6.30. The number of rotatable bonds is 1. The van der Waals surface area contributed by atoms with Crippen LogP contribution in [0, 0.1) is 33.6 Å². The monoisotopic (exact) mass is 427 g/mol. The predicted molar refractivity (Wildman–Crippen MR) is 125 cm³/mol. The Bertz CT molecular complexity index is 1500. The SMILES string of the molecule is Cc1cc(C)c([C@H]2c3c(n(C)c(=O)n(C)c3=O)N=C3c4ccccc4C(=O)[C@H]32)c(C)c1C. The van der Waals surface area contributed by atoms with E-state index < -0.39 is 23.1 Å². The zero-order chi connectivity index (χ0) is 23.1. The molecule has 2 aromatic carbocycles. The number of carbonyl (C=O) groups excluding carboxylic acids is 1. The van der Waals surface area contributed by atoms with Gasteiger partial charge in [0, 0.05) is 31.1 Å². The van der Waals surface area contributed by atoms with Crippen molar-refractivity contribution in [2.75, 3.05) is 0 Å². The molecule has 0 saturated heterocycles. The second kappa shape index (κ2) is 6.73. The minimum atomic E-state index is -0.593. The molecule has 162 valence electrons. The quantitative estimate of drug-likeness (QED) is 0.598. The minimum Gasteiger partial charge on any atom is -0.293 e. The molecule has 0 spiro atoms. The zero-order valence-electron chi connectivity index (χ0n) is 19.1. The highest BCUT2D eigenvalue weighted by atomic mass is 16.2. The summed E-state index contributed by atoms with van der Waals surface area (Å²) in [6.07, 6.45) is 0. The molecule has 32 heavy (non-hydrogen) atoms. The van der Waals surface area contributed by atoms with Crippen LogP contribution in [0.15, 0.2) is 44.9 Å². The second-order valence-electron chi connectivity index (χ2n) is 8.98. The van der Waals surface area contributed by atoms with E-state index in [9.17, 15) is 14.4 Å². The van der Waals surface area contributed by atoms with Crippen molar-refractivity contribution in [1.29, 1.82) is 0 Å². The van der Waals surface area contributed by atoms with Crippen molar-refractivity contribution in [3.63, 3.8) is 0 Å². The van der Waals surface area contributed by atoms with Gasteiger partial charge in [0.05, 0.1) is 17.2 Å². The summed E-state index contributed by atoms with van der Waals surface area (Å²) in [7, 11) is 3.11. The van der Waals surface area contributed by atoms with Gasteiger partial charge < -0.3 is 0 Å². The van der Waals surface area contributed by atoms with Gasteiger partial charge in [0.25, 0.3) is 5.56 Å².